The minimum absolute atomic E-state index is 0.0668. The summed E-state index contributed by atoms with van der Waals surface area (Å²) in [4.78, 5) is 15.0. The molecule has 0 spiro atoms. The lowest BCUT2D eigenvalue weighted by Gasteiger charge is -2.15. The number of carbonyl (C=O) groups is 1. The van der Waals surface area contributed by atoms with Gasteiger partial charge in [-0.05, 0) is 31.5 Å². The summed E-state index contributed by atoms with van der Waals surface area (Å²) < 4.78 is 0. The number of aromatic nitrogens is 1. The number of hydrogen-bond donors (Lipinski definition) is 2. The van der Waals surface area contributed by atoms with Crippen LogP contribution >= 0.6 is 0 Å². The number of carboxylic acids is 1. The second-order valence-electron chi connectivity index (χ2n) is 4.51. The van der Waals surface area contributed by atoms with Crippen LogP contribution in [0.1, 0.15) is 34.5 Å². The van der Waals surface area contributed by atoms with Gasteiger partial charge < -0.3 is 10.4 Å². The number of pyridine rings is 1. The van der Waals surface area contributed by atoms with Crippen molar-refractivity contribution in [1.82, 2.24) is 4.98 Å². The van der Waals surface area contributed by atoms with Gasteiger partial charge in [-0.25, -0.2) is 9.78 Å². The Bertz CT molecular complexity index is 579. The molecule has 0 fully saturated rings. The summed E-state index contributed by atoms with van der Waals surface area (Å²) in [6.07, 6.45) is 1.49. The van der Waals surface area contributed by atoms with Crippen molar-refractivity contribution < 1.29 is 9.90 Å². The SMILES string of the molecule is Cc1ccc(C(C)Nc2cc(C(=O)O)ccn2)cc1. The molecule has 0 bridgehead atoms. The third kappa shape index (κ3) is 3.31. The molecule has 2 N–H and O–H groups in total. The van der Waals surface area contributed by atoms with Crippen molar-refractivity contribution in [2.75, 3.05) is 5.32 Å². The minimum atomic E-state index is -0.951. The average Bonchev–Trinajstić information content (AvgIpc) is 2.39. The van der Waals surface area contributed by atoms with Crippen LogP contribution in [0, 0.1) is 6.92 Å². The zero-order chi connectivity index (χ0) is 13.8. The molecule has 0 aliphatic rings. The van der Waals surface area contributed by atoms with E-state index in [1.807, 2.05) is 26.0 Å². The number of rotatable bonds is 4. The first-order valence-electron chi connectivity index (χ1n) is 6.08. The van der Waals surface area contributed by atoms with E-state index in [4.69, 9.17) is 5.11 Å². The maximum Gasteiger partial charge on any atom is 0.335 e. The van der Waals surface area contributed by atoms with Crippen LogP contribution in [0.2, 0.25) is 0 Å². The predicted octanol–water partition coefficient (Wildman–Crippen LogP) is 3.26. The number of aromatic carboxylic acids is 1. The summed E-state index contributed by atoms with van der Waals surface area (Å²) in [6.45, 7) is 4.06. The second-order valence-corrected chi connectivity index (χ2v) is 4.51. The first-order chi connectivity index (χ1) is 9.06. The molecule has 0 amide bonds. The summed E-state index contributed by atoms with van der Waals surface area (Å²) >= 11 is 0. The Morgan fingerprint density at radius 2 is 1.95 bits per heavy atom. The van der Waals surface area contributed by atoms with E-state index in [2.05, 4.69) is 22.4 Å². The van der Waals surface area contributed by atoms with Crippen molar-refractivity contribution in [2.24, 2.45) is 0 Å². The molecule has 1 aromatic carbocycles. The van der Waals surface area contributed by atoms with Crippen LogP contribution in [0.15, 0.2) is 42.6 Å². The Balaban J connectivity index is 2.14. The molecule has 4 heteroatoms. The molecule has 0 saturated carbocycles. The average molecular weight is 256 g/mol. The van der Waals surface area contributed by atoms with Gasteiger partial charge in [0, 0.05) is 12.2 Å². The largest absolute Gasteiger partial charge is 0.478 e. The topological polar surface area (TPSA) is 62.2 Å². The van der Waals surface area contributed by atoms with Crippen molar-refractivity contribution in [3.05, 3.63) is 59.3 Å². The van der Waals surface area contributed by atoms with E-state index in [-0.39, 0.29) is 11.6 Å². The molecular formula is C15H16N2O2. The summed E-state index contributed by atoms with van der Waals surface area (Å²) in [7, 11) is 0. The van der Waals surface area contributed by atoms with Gasteiger partial charge in [-0.1, -0.05) is 29.8 Å². The summed E-state index contributed by atoms with van der Waals surface area (Å²) in [6, 6.07) is 11.3. The molecule has 2 rings (SSSR count). The Hall–Kier alpha value is -2.36. The fourth-order valence-corrected chi connectivity index (χ4v) is 1.80. The van der Waals surface area contributed by atoms with Gasteiger partial charge in [-0.2, -0.15) is 0 Å². The lowest BCUT2D eigenvalue weighted by atomic mass is 10.1. The Morgan fingerprint density at radius 3 is 2.58 bits per heavy atom. The number of carboxylic acid groups (broad SMARTS) is 1. The van der Waals surface area contributed by atoms with Crippen LogP contribution in [0.25, 0.3) is 0 Å². The summed E-state index contributed by atoms with van der Waals surface area (Å²) in [5.41, 5.74) is 2.57. The smallest absolute Gasteiger partial charge is 0.335 e. The highest BCUT2D eigenvalue weighted by molar-refractivity contribution is 5.88. The highest BCUT2D eigenvalue weighted by Crippen LogP contribution is 2.18. The number of nitrogens with one attached hydrogen (secondary N) is 1. The van der Waals surface area contributed by atoms with E-state index >= 15 is 0 Å². The maximum absolute atomic E-state index is 10.9. The summed E-state index contributed by atoms with van der Waals surface area (Å²) in [5.74, 6) is -0.388. The zero-order valence-electron chi connectivity index (χ0n) is 10.9. The number of aryl methyl sites for hydroxylation is 1. The molecule has 1 aromatic heterocycles. The number of benzene rings is 1. The molecular weight excluding hydrogens is 240 g/mol. The molecule has 1 unspecified atom stereocenters. The van der Waals surface area contributed by atoms with Gasteiger partial charge in [-0.15, -0.1) is 0 Å². The van der Waals surface area contributed by atoms with Crippen molar-refractivity contribution in [2.45, 2.75) is 19.9 Å². The molecule has 0 saturated heterocycles. The van der Waals surface area contributed by atoms with Crippen LogP contribution in [-0.2, 0) is 0 Å². The fraction of sp³-hybridized carbons (Fsp3) is 0.200. The normalized spacial score (nSPS) is 11.9. The molecule has 19 heavy (non-hydrogen) atoms. The minimum Gasteiger partial charge on any atom is -0.478 e. The van der Waals surface area contributed by atoms with Crippen LogP contribution in [0.5, 0.6) is 0 Å². The lowest BCUT2D eigenvalue weighted by Crippen LogP contribution is -2.09. The molecule has 0 radical (unpaired) electrons. The van der Waals surface area contributed by atoms with Crippen LogP contribution in [0.4, 0.5) is 5.82 Å². The molecule has 98 valence electrons. The Labute approximate surface area is 112 Å². The van der Waals surface area contributed by atoms with Gasteiger partial charge in [0.2, 0.25) is 0 Å². The van der Waals surface area contributed by atoms with Crippen LogP contribution in [-0.4, -0.2) is 16.1 Å². The maximum atomic E-state index is 10.9. The van der Waals surface area contributed by atoms with Gasteiger partial charge in [-0.3, -0.25) is 0 Å². The first kappa shape index (κ1) is 13.1. The van der Waals surface area contributed by atoms with Crippen molar-refractivity contribution >= 4 is 11.8 Å². The van der Waals surface area contributed by atoms with Gasteiger partial charge in [0.25, 0.3) is 0 Å². The molecule has 4 nitrogen and oxygen atoms in total. The molecule has 0 aliphatic carbocycles. The van der Waals surface area contributed by atoms with Crippen molar-refractivity contribution in [3.63, 3.8) is 0 Å². The van der Waals surface area contributed by atoms with Crippen molar-refractivity contribution in [3.8, 4) is 0 Å². The Morgan fingerprint density at radius 1 is 1.26 bits per heavy atom. The lowest BCUT2D eigenvalue weighted by molar-refractivity contribution is 0.0697. The second kappa shape index (κ2) is 5.52. The third-order valence-electron chi connectivity index (χ3n) is 2.95. The van der Waals surface area contributed by atoms with Crippen LogP contribution < -0.4 is 5.32 Å². The van der Waals surface area contributed by atoms with Gasteiger partial charge in [0.15, 0.2) is 0 Å². The van der Waals surface area contributed by atoms with E-state index in [1.54, 1.807) is 0 Å². The van der Waals surface area contributed by atoms with Gasteiger partial charge >= 0.3 is 5.97 Å². The van der Waals surface area contributed by atoms with E-state index < -0.39 is 5.97 Å². The number of nitrogens with zero attached hydrogens (tertiary/aromatic N) is 1. The zero-order valence-corrected chi connectivity index (χ0v) is 10.9. The number of hydrogen-bond acceptors (Lipinski definition) is 3. The molecule has 1 heterocycles. The molecule has 2 aromatic rings. The van der Waals surface area contributed by atoms with Crippen molar-refractivity contribution in [1.29, 1.82) is 0 Å². The highest BCUT2D eigenvalue weighted by atomic mass is 16.4. The van der Waals surface area contributed by atoms with Gasteiger partial charge in [0.05, 0.1) is 5.56 Å². The standard InChI is InChI=1S/C15H16N2O2/c1-10-3-5-12(6-4-10)11(2)17-14-9-13(15(18)19)7-8-16-14/h3-9,11H,1-2H3,(H,16,17)(H,18,19). The third-order valence-corrected chi connectivity index (χ3v) is 2.95. The first-order valence-corrected chi connectivity index (χ1v) is 6.08. The van der Waals surface area contributed by atoms with E-state index in [1.165, 1.54) is 23.9 Å². The molecule has 0 aliphatic heterocycles. The quantitative estimate of drug-likeness (QED) is 0.881. The fourth-order valence-electron chi connectivity index (χ4n) is 1.80. The number of anilines is 1. The summed E-state index contributed by atoms with van der Waals surface area (Å²) in [5, 5.41) is 12.1. The van der Waals surface area contributed by atoms with Gasteiger partial charge in [0.1, 0.15) is 5.82 Å². The van der Waals surface area contributed by atoms with E-state index in [9.17, 15) is 4.79 Å². The highest BCUT2D eigenvalue weighted by Gasteiger charge is 2.08. The monoisotopic (exact) mass is 256 g/mol. The Kier molecular flexibility index (Phi) is 3.80. The predicted molar refractivity (Wildman–Crippen MR) is 74.4 cm³/mol. The molecule has 1 atom stereocenters. The van der Waals surface area contributed by atoms with E-state index in [0.717, 1.165) is 5.56 Å². The van der Waals surface area contributed by atoms with E-state index in [0.29, 0.717) is 5.82 Å². The van der Waals surface area contributed by atoms with Crippen LogP contribution in [0.3, 0.4) is 0 Å².